The molecular weight excluding hydrogens is 468 g/mol. The fourth-order valence-corrected chi connectivity index (χ4v) is 2.40. The van der Waals surface area contributed by atoms with E-state index in [1.165, 1.54) is 0 Å². The van der Waals surface area contributed by atoms with Crippen LogP contribution in [0, 0.1) is 50.3 Å². The quantitative estimate of drug-likeness (QED) is 0.0852. The monoisotopic (exact) mass is 496 g/mol. The Hall–Kier alpha value is -2.31. The molecule has 176 valence electrons. The zero-order valence-corrected chi connectivity index (χ0v) is 20.5. The number of halogens is 4. The topological polar surface area (TPSA) is 34.1 Å². The number of benzene rings is 2. The largest absolute Gasteiger partial charge is 4.00 e. The first-order valence-electron chi connectivity index (χ1n) is 9.33. The summed E-state index contributed by atoms with van der Waals surface area (Å²) < 4.78 is 51.1. The van der Waals surface area contributed by atoms with Gasteiger partial charge < -0.3 is 24.4 Å². The molecule has 0 aliphatic heterocycles. The molecule has 0 spiro atoms. The van der Waals surface area contributed by atoms with Crippen LogP contribution in [0.2, 0.25) is 0 Å². The van der Waals surface area contributed by atoms with E-state index in [4.69, 9.17) is 0 Å². The van der Waals surface area contributed by atoms with Crippen LogP contribution in [0.25, 0.3) is 0 Å². The minimum atomic E-state index is -0.918. The Labute approximate surface area is 209 Å². The van der Waals surface area contributed by atoms with Gasteiger partial charge >= 0.3 is 21.7 Å². The molecule has 2 aromatic rings. The first kappa shape index (κ1) is 35.3. The summed E-state index contributed by atoms with van der Waals surface area (Å²) in [5.41, 5.74) is -0.194. The standard InChI is InChI=1S/2C12H11F2O.2CH3.Ti/c2*1-2-3-4-5-12(15)10-7-6-9(13)8-11(10)14;;;/h2*2,6-7H,1,3-5H2;2*1H3;/q4*-1;+4. The first-order valence-corrected chi connectivity index (χ1v) is 9.33. The molecule has 0 aromatic heterocycles. The van der Waals surface area contributed by atoms with E-state index >= 15 is 0 Å². The van der Waals surface area contributed by atoms with Crippen LogP contribution in [0.3, 0.4) is 0 Å². The number of hydrogen-bond donors (Lipinski definition) is 0. The van der Waals surface area contributed by atoms with Crippen LogP contribution in [-0.4, -0.2) is 11.6 Å². The van der Waals surface area contributed by atoms with Gasteiger partial charge in [0.05, 0.1) is 0 Å². The Morgan fingerprint density at radius 1 is 0.727 bits per heavy atom. The van der Waals surface area contributed by atoms with Gasteiger partial charge in [0.2, 0.25) is 0 Å². The Balaban J connectivity index is -0.000000500. The summed E-state index contributed by atoms with van der Waals surface area (Å²) in [5.74, 6) is -4.08. The molecule has 7 heteroatoms. The van der Waals surface area contributed by atoms with Crippen LogP contribution >= 0.6 is 0 Å². The molecule has 0 amide bonds. The van der Waals surface area contributed by atoms with Gasteiger partial charge in [-0.05, 0) is 38.5 Å². The Bertz CT molecular complexity index is 824. The van der Waals surface area contributed by atoms with Crippen LogP contribution < -0.4 is 0 Å². The Kier molecular flexibility index (Phi) is 20.5. The van der Waals surface area contributed by atoms with Gasteiger partial charge in [-0.2, -0.15) is 12.1 Å². The second kappa shape index (κ2) is 19.2. The number of ketones is 2. The maximum atomic E-state index is 13.1. The van der Waals surface area contributed by atoms with Gasteiger partial charge in [0.25, 0.3) is 0 Å². The van der Waals surface area contributed by atoms with Crippen molar-refractivity contribution in [1.82, 2.24) is 0 Å². The molecule has 2 aromatic carbocycles. The number of Topliss-reactive ketones (excluding diaryl/α,β-unsaturated/α-hetero) is 2. The SMILES string of the molecule is C=CCCCC(=O)c1ccc(F)[c-]c1F.C=CCCCC(=O)c1ccc(F)[c-]c1F.[CH3-].[CH3-].[Ti+4]. The summed E-state index contributed by atoms with van der Waals surface area (Å²) in [7, 11) is 0. The van der Waals surface area contributed by atoms with Crippen molar-refractivity contribution in [3.05, 3.63) is 111 Å². The minimum absolute atomic E-state index is 0. The van der Waals surface area contributed by atoms with Crippen LogP contribution in [0.1, 0.15) is 59.2 Å². The van der Waals surface area contributed by atoms with Crippen molar-refractivity contribution in [2.45, 2.75) is 38.5 Å². The van der Waals surface area contributed by atoms with E-state index in [-0.39, 0.29) is 72.1 Å². The van der Waals surface area contributed by atoms with Crippen molar-refractivity contribution in [3.8, 4) is 0 Å². The minimum Gasteiger partial charge on any atom is -0.358 e. The van der Waals surface area contributed by atoms with Gasteiger partial charge in [0.1, 0.15) is 11.6 Å². The molecule has 0 N–H and O–H groups in total. The van der Waals surface area contributed by atoms with Crippen molar-refractivity contribution in [2.24, 2.45) is 0 Å². The van der Waals surface area contributed by atoms with Crippen LogP contribution in [0.4, 0.5) is 17.6 Å². The van der Waals surface area contributed by atoms with Crippen LogP contribution in [0.15, 0.2) is 49.6 Å². The van der Waals surface area contributed by atoms with Gasteiger partial charge in [-0.25, -0.2) is 17.6 Å². The predicted molar refractivity (Wildman–Crippen MR) is 120 cm³/mol. The average Bonchev–Trinajstić information content (AvgIpc) is 2.68. The Morgan fingerprint density at radius 3 is 1.33 bits per heavy atom. The molecule has 2 rings (SSSR count). The normalized spacial score (nSPS) is 9.09. The molecule has 2 nitrogen and oxygen atoms in total. The van der Waals surface area contributed by atoms with Crippen LogP contribution in [0.5, 0.6) is 0 Å². The third kappa shape index (κ3) is 13.1. The smallest absolute Gasteiger partial charge is 0.358 e. The molecule has 0 saturated heterocycles. The summed E-state index contributed by atoms with van der Waals surface area (Å²) in [6.45, 7) is 7.04. The number of hydrogen-bond acceptors (Lipinski definition) is 2. The van der Waals surface area contributed by atoms with Gasteiger partial charge in [-0.15, -0.1) is 37.4 Å². The molecule has 0 fully saturated rings. The van der Waals surface area contributed by atoms with Crippen LogP contribution in [-0.2, 0) is 21.7 Å². The zero-order valence-electron chi connectivity index (χ0n) is 18.9. The number of rotatable bonds is 10. The second-order valence-corrected chi connectivity index (χ2v) is 6.28. The molecule has 0 saturated carbocycles. The number of unbranched alkanes of at least 4 members (excludes halogenated alkanes) is 2. The molecule has 0 radical (unpaired) electrons. The summed E-state index contributed by atoms with van der Waals surface area (Å²) in [4.78, 5) is 22.9. The Morgan fingerprint density at radius 2 is 1.06 bits per heavy atom. The second-order valence-electron chi connectivity index (χ2n) is 6.28. The number of allylic oxidation sites excluding steroid dienone is 2. The van der Waals surface area contributed by atoms with Gasteiger partial charge in [-0.1, -0.05) is 23.3 Å². The summed E-state index contributed by atoms with van der Waals surface area (Å²) in [6, 6.07) is 8.04. The molecule has 0 aliphatic rings. The average molecular weight is 496 g/mol. The summed E-state index contributed by atoms with van der Waals surface area (Å²) in [5, 5.41) is 0. The third-order valence-electron chi connectivity index (χ3n) is 3.95. The van der Waals surface area contributed by atoms with Gasteiger partial charge in [-0.3, -0.25) is 0 Å². The van der Waals surface area contributed by atoms with Crippen molar-refractivity contribution in [1.29, 1.82) is 0 Å². The van der Waals surface area contributed by atoms with Crippen molar-refractivity contribution < 1.29 is 48.9 Å². The maximum Gasteiger partial charge on any atom is 4.00 e. The molecule has 0 atom stereocenters. The number of carbonyl (C=O) groups is 2. The zero-order chi connectivity index (χ0) is 22.5. The van der Waals surface area contributed by atoms with E-state index in [1.54, 1.807) is 12.2 Å². The van der Waals surface area contributed by atoms with E-state index in [0.29, 0.717) is 25.7 Å². The van der Waals surface area contributed by atoms with Gasteiger partial charge in [0, 0.05) is 23.3 Å². The summed E-state index contributed by atoms with van der Waals surface area (Å²) >= 11 is 0. The molecule has 0 bridgehead atoms. The third-order valence-corrected chi connectivity index (χ3v) is 3.95. The van der Waals surface area contributed by atoms with E-state index in [0.717, 1.165) is 24.3 Å². The molecule has 0 heterocycles. The van der Waals surface area contributed by atoms with Crippen molar-refractivity contribution in [2.75, 3.05) is 0 Å². The van der Waals surface area contributed by atoms with E-state index in [1.807, 2.05) is 12.1 Å². The van der Waals surface area contributed by atoms with E-state index in [9.17, 15) is 27.2 Å². The maximum absolute atomic E-state index is 13.1. The fourth-order valence-electron chi connectivity index (χ4n) is 2.40. The molecular formula is C26H28F4O2Ti. The van der Waals surface area contributed by atoms with E-state index < -0.39 is 23.3 Å². The van der Waals surface area contributed by atoms with Crippen molar-refractivity contribution in [3.63, 3.8) is 0 Å². The fraction of sp³-hybridized carbons (Fsp3) is 0.231. The van der Waals surface area contributed by atoms with Gasteiger partial charge in [0.15, 0.2) is 0 Å². The molecule has 0 unspecified atom stereocenters. The van der Waals surface area contributed by atoms with E-state index in [2.05, 4.69) is 13.2 Å². The predicted octanol–water partition coefficient (Wildman–Crippen LogP) is 7.51. The first-order chi connectivity index (χ1) is 14.3. The molecule has 0 aliphatic carbocycles. The van der Waals surface area contributed by atoms with Crippen molar-refractivity contribution >= 4 is 11.6 Å². The molecule has 33 heavy (non-hydrogen) atoms. The number of carbonyl (C=O) groups excluding carboxylic acids is 2. The summed E-state index contributed by atoms with van der Waals surface area (Å²) in [6.07, 6.45) is 6.53.